The number of hydrogen-bond acceptors (Lipinski definition) is 21. The van der Waals surface area contributed by atoms with Gasteiger partial charge in [0.15, 0.2) is 50.6 Å². The number of hydrogen-bond donors (Lipinski definition) is 4. The number of carbonyl (C=O) groups excluding carboxylic acids is 3. The van der Waals surface area contributed by atoms with Gasteiger partial charge in [-0.2, -0.15) is 0 Å². The Kier molecular flexibility index (Phi) is 35.9. The van der Waals surface area contributed by atoms with Gasteiger partial charge in [0.1, 0.15) is 30.2 Å². The SMILES string of the molecule is C=C(Cl)/C=C/[C@H](CC(=C)C[C@H]1O[C@@H]([C@H](O)[C@@]2(OC)C[C@H](O[Si](C)(C)C(C)(C)C)[C@@H](C)[C@@H](CCC/C=C\[C@H]3C[C@H](O[Si](C)(C)C(C)(C)C)C[C@@]4(C[C@@H](OC)C[C@H](CC(=O)[C@@H](C)[C@@H](OC(C)=O)[C@H](C)C(=C)C[C@H]5C[C@](C)(O[Si](CC)(CC)CC)C[C@@]6(C[C@@H](OC(C)=O)C[C@H](CC(=O)O)O6)O5)O4)O3)O2)[C@H](C)[C@@H](O)[C@@H]1O)O[Si](C)(C)C(C)(C)C. The standard InChI is InChI=1S/C88H155ClO22Si4/c1-31-115(32-2,33-3)111-85(22)49-70(106-87(54-85)51-69(100-62(11)90)46-67(105-87)48-76(93)94)43-56(5)58(7)79(101-63(12)91)59(8)72(92)47-66-45-68(98-23)50-86(104-66)52-71(109-113(27,28)83(16,17)18)44-64(103-86)37-35-34-36-38-73-60(9)75(110-114(29,30)84(19,20)21)53-88(99-24,107-73)81(97)80-61(10)77(95)78(96)74(102-80)42-55(4)41-65(40-39-57(6)89)108-112(25,26)82(13,14)15/h35,37,39-40,58-61,64-71,73-75,77-81,95-97H,4-6,31-34,36,38,41-54H2,1-3,7-30H3,(H,93,94)/b37-35-,40-39+/t58-,59-,60+,61-,64+,65-,66-,67-,68+,69+,70+,71+,73-,74-,75+,77-,78-,79+,80-,81+,85+,86+,87-,88-/m1/s1. The van der Waals surface area contributed by atoms with Crippen molar-refractivity contribution in [3.63, 3.8) is 0 Å². The van der Waals surface area contributed by atoms with E-state index in [-0.39, 0.29) is 90.4 Å². The smallest absolute Gasteiger partial charge is 0.305 e. The molecule has 2 spiro atoms. The largest absolute Gasteiger partial charge is 0.481 e. The lowest BCUT2D eigenvalue weighted by Crippen LogP contribution is -2.66. The van der Waals surface area contributed by atoms with Crippen LogP contribution in [0.15, 0.2) is 60.2 Å². The second kappa shape index (κ2) is 40.8. The number of ether oxygens (including phenoxy) is 10. The Morgan fingerprint density at radius 3 is 1.78 bits per heavy atom. The number of ketones is 1. The molecule has 6 fully saturated rings. The van der Waals surface area contributed by atoms with Crippen molar-refractivity contribution in [3.8, 4) is 0 Å². The van der Waals surface area contributed by atoms with Gasteiger partial charge in [0.05, 0.1) is 91.2 Å². The van der Waals surface area contributed by atoms with E-state index in [0.717, 1.165) is 23.7 Å². The maximum absolute atomic E-state index is 15.2. The zero-order valence-electron chi connectivity index (χ0n) is 75.6. The van der Waals surface area contributed by atoms with Crippen LogP contribution in [0.4, 0.5) is 0 Å². The second-order valence-corrected chi connectivity index (χ2v) is 59.3. The van der Waals surface area contributed by atoms with Crippen molar-refractivity contribution >= 4 is 68.6 Å². The lowest BCUT2D eigenvalue weighted by molar-refractivity contribution is -0.357. The van der Waals surface area contributed by atoms with Crippen LogP contribution in [0.2, 0.25) is 72.5 Å². The van der Waals surface area contributed by atoms with Crippen LogP contribution in [0.1, 0.15) is 241 Å². The van der Waals surface area contributed by atoms with E-state index in [0.29, 0.717) is 68.4 Å². The molecule has 115 heavy (non-hydrogen) atoms. The van der Waals surface area contributed by atoms with Gasteiger partial charge in [0.25, 0.3) is 0 Å². The fourth-order valence-electron chi connectivity index (χ4n) is 17.5. The van der Waals surface area contributed by atoms with Crippen LogP contribution < -0.4 is 0 Å². The summed E-state index contributed by atoms with van der Waals surface area (Å²) >= 11 is 6.22. The predicted octanol–water partition coefficient (Wildman–Crippen LogP) is 18.2. The van der Waals surface area contributed by atoms with Crippen molar-refractivity contribution in [1.29, 1.82) is 0 Å². The number of unbranched alkanes of at least 4 members (excludes halogenated alkanes) is 1. The number of Topliss-reactive ketones (excluding diaryl/α,β-unsaturated/α-hetero) is 1. The molecule has 6 rings (SSSR count). The summed E-state index contributed by atoms with van der Waals surface area (Å²) in [6, 6.07) is 2.65. The molecule has 4 N–H and O–H groups in total. The van der Waals surface area contributed by atoms with Gasteiger partial charge in [-0.1, -0.05) is 171 Å². The Labute approximate surface area is 701 Å². The summed E-state index contributed by atoms with van der Waals surface area (Å²) in [6.45, 7) is 64.8. The Morgan fingerprint density at radius 2 is 1.23 bits per heavy atom. The molecule has 0 amide bonds. The summed E-state index contributed by atoms with van der Waals surface area (Å²) in [5.41, 5.74) is 0.604. The van der Waals surface area contributed by atoms with Crippen LogP contribution in [-0.2, 0) is 84.3 Å². The van der Waals surface area contributed by atoms with Crippen LogP contribution in [-0.4, -0.2) is 212 Å². The molecule has 0 aromatic heterocycles. The first-order chi connectivity index (χ1) is 52.9. The number of carboxylic acid groups (broad SMARTS) is 1. The summed E-state index contributed by atoms with van der Waals surface area (Å²) in [7, 11) is -6.22. The number of allylic oxidation sites excluding steroid dienone is 3. The quantitative estimate of drug-likeness (QED) is 0.0147. The van der Waals surface area contributed by atoms with Gasteiger partial charge >= 0.3 is 17.9 Å². The zero-order chi connectivity index (χ0) is 87.0. The van der Waals surface area contributed by atoms with Gasteiger partial charge in [-0.15, -0.1) is 0 Å². The van der Waals surface area contributed by atoms with Crippen LogP contribution >= 0.6 is 11.6 Å². The lowest BCUT2D eigenvalue weighted by atomic mass is 9.78. The van der Waals surface area contributed by atoms with Crippen LogP contribution in [0.5, 0.6) is 0 Å². The maximum Gasteiger partial charge on any atom is 0.305 e. The summed E-state index contributed by atoms with van der Waals surface area (Å²) in [5, 5.41) is 46.6. The lowest BCUT2D eigenvalue weighted by Gasteiger charge is -2.55. The Bertz CT molecular complexity index is 3270. The van der Waals surface area contributed by atoms with E-state index in [1.165, 1.54) is 21.0 Å². The average Bonchev–Trinajstić information content (AvgIpc) is 0.754. The fourth-order valence-corrected chi connectivity index (χ4v) is 24.8. The summed E-state index contributed by atoms with van der Waals surface area (Å²) < 4.78 is 95.6. The number of rotatable bonds is 38. The van der Waals surface area contributed by atoms with E-state index < -0.39 is 177 Å². The van der Waals surface area contributed by atoms with Gasteiger partial charge in [0.2, 0.25) is 0 Å². The third-order valence-corrected chi connectivity index (χ3v) is 45.9. The van der Waals surface area contributed by atoms with Gasteiger partial charge in [-0.3, -0.25) is 19.2 Å². The normalized spacial score (nSPS) is 33.7. The second-order valence-electron chi connectivity index (χ2n) is 39.9. The van der Waals surface area contributed by atoms with Gasteiger partial charge < -0.3 is 85.5 Å². The molecule has 24 atom stereocenters. The number of esters is 2. The molecule has 0 radical (unpaired) electrons. The zero-order valence-corrected chi connectivity index (χ0v) is 80.4. The van der Waals surface area contributed by atoms with E-state index in [1.807, 2.05) is 13.0 Å². The van der Waals surface area contributed by atoms with Crippen molar-refractivity contribution in [1.82, 2.24) is 0 Å². The highest BCUT2D eigenvalue weighted by atomic mass is 35.5. The fraction of sp³-hybridized carbons (Fsp3) is 0.841. The Balaban J connectivity index is 1.23. The highest BCUT2D eigenvalue weighted by Gasteiger charge is 2.60. The van der Waals surface area contributed by atoms with E-state index in [9.17, 15) is 34.8 Å². The molecule has 0 bridgehead atoms. The number of halogens is 1. The minimum atomic E-state index is -2.46. The summed E-state index contributed by atoms with van der Waals surface area (Å²) in [5.74, 6) is -8.75. The maximum atomic E-state index is 15.2. The number of aliphatic hydroxyl groups excluding tert-OH is 3. The first-order valence-corrected chi connectivity index (χ1v) is 54.6. The van der Waals surface area contributed by atoms with Crippen LogP contribution in [0, 0.1) is 23.7 Å². The van der Waals surface area contributed by atoms with Crippen molar-refractivity contribution in [2.24, 2.45) is 23.7 Å². The minimum absolute atomic E-state index is 0.0306. The minimum Gasteiger partial charge on any atom is -0.481 e. The third kappa shape index (κ3) is 26.9. The first kappa shape index (κ1) is 101. The molecule has 6 saturated heterocycles. The van der Waals surface area contributed by atoms with Crippen molar-refractivity contribution < 1.29 is 105 Å². The predicted molar refractivity (Wildman–Crippen MR) is 460 cm³/mol. The van der Waals surface area contributed by atoms with E-state index in [4.69, 9.17) is 76.7 Å². The van der Waals surface area contributed by atoms with Crippen molar-refractivity contribution in [2.45, 2.75) is 434 Å². The molecule has 662 valence electrons. The Morgan fingerprint density at radius 1 is 0.661 bits per heavy atom. The van der Waals surface area contributed by atoms with Gasteiger partial charge in [0, 0.05) is 115 Å². The average molecular weight is 1710 g/mol. The number of carbonyl (C=O) groups is 4. The molecule has 6 aliphatic heterocycles. The number of aliphatic carboxylic acids is 1. The van der Waals surface area contributed by atoms with Gasteiger partial charge in [-0.05, 0) is 124 Å². The van der Waals surface area contributed by atoms with E-state index >= 15 is 4.79 Å². The first-order valence-electron chi connectivity index (χ1n) is 42.9. The molecule has 22 nitrogen and oxygen atoms in total. The molecular weight excluding hydrogens is 1560 g/mol. The molecule has 0 saturated carbocycles. The topological polar surface area (TPSA) is 278 Å². The molecule has 6 heterocycles. The van der Waals surface area contributed by atoms with Crippen LogP contribution in [0.3, 0.4) is 0 Å². The van der Waals surface area contributed by atoms with Crippen LogP contribution in [0.25, 0.3) is 0 Å². The van der Waals surface area contributed by atoms with Crippen molar-refractivity contribution in [3.05, 3.63) is 60.2 Å². The van der Waals surface area contributed by atoms with E-state index in [1.54, 1.807) is 27.0 Å². The molecular formula is C88H155ClO22Si4. The molecule has 0 aromatic carbocycles. The molecule has 0 aliphatic carbocycles. The third-order valence-electron chi connectivity index (χ3n) is 27.5. The highest BCUT2D eigenvalue weighted by Crippen LogP contribution is 2.53. The number of methoxy groups -OCH3 is 2. The van der Waals surface area contributed by atoms with E-state index in [2.05, 4.69) is 168 Å². The summed E-state index contributed by atoms with van der Waals surface area (Å²) in [4.78, 5) is 53.1. The molecule has 6 aliphatic rings. The highest BCUT2D eigenvalue weighted by molar-refractivity contribution is 6.75. The van der Waals surface area contributed by atoms with Gasteiger partial charge in [-0.25, -0.2) is 0 Å². The molecule has 0 aromatic rings. The monoisotopic (exact) mass is 1710 g/mol. The number of carboxylic acids is 1. The Hall–Kier alpha value is -2.66. The molecule has 27 heteroatoms. The summed E-state index contributed by atoms with van der Waals surface area (Å²) in [6.07, 6.45) is 1.32. The molecule has 0 unspecified atom stereocenters. The number of aliphatic hydroxyl groups is 3. The van der Waals surface area contributed by atoms with Crippen molar-refractivity contribution in [2.75, 3.05) is 14.2 Å².